The minimum Gasteiger partial charge on any atom is -0.378 e. The Morgan fingerprint density at radius 2 is 1.88 bits per heavy atom. The minimum atomic E-state index is -0.912. The number of benzene rings is 2. The van der Waals surface area contributed by atoms with Gasteiger partial charge in [0.2, 0.25) is 5.91 Å². The lowest BCUT2D eigenvalue weighted by atomic mass is 9.91. The summed E-state index contributed by atoms with van der Waals surface area (Å²) in [6, 6.07) is 15.3. The van der Waals surface area contributed by atoms with Crippen LogP contribution in [0.15, 0.2) is 48.5 Å². The van der Waals surface area contributed by atoms with Crippen LogP contribution < -0.4 is 10.2 Å². The minimum absolute atomic E-state index is 0.0347. The molecular weight excluding hydrogens is 335 g/mol. The van der Waals surface area contributed by atoms with Crippen molar-refractivity contribution < 1.29 is 19.1 Å². The van der Waals surface area contributed by atoms with Gasteiger partial charge in [-0.2, -0.15) is 0 Å². The first-order valence-electron chi connectivity index (χ1n) is 8.55. The molecule has 1 heterocycles. The Kier molecular flexibility index (Phi) is 5.21. The molecule has 0 saturated heterocycles. The van der Waals surface area contributed by atoms with Crippen LogP contribution in [-0.4, -0.2) is 17.9 Å². The number of nitrogens with one attached hydrogen (secondary N) is 1. The molecule has 6 heteroatoms. The van der Waals surface area contributed by atoms with Gasteiger partial charge in [-0.1, -0.05) is 30.3 Å². The van der Waals surface area contributed by atoms with E-state index in [-0.39, 0.29) is 24.4 Å². The molecule has 2 aromatic rings. The molecule has 2 aromatic carbocycles. The van der Waals surface area contributed by atoms with Crippen molar-refractivity contribution in [2.45, 2.75) is 38.8 Å². The molecule has 1 amide bonds. The number of amides is 1. The molecule has 5 nitrogen and oxygen atoms in total. The molecule has 2 atom stereocenters. The van der Waals surface area contributed by atoms with Crippen LogP contribution in [0.1, 0.15) is 37.4 Å². The second-order valence-electron chi connectivity index (χ2n) is 6.55. The zero-order valence-electron chi connectivity index (χ0n) is 14.7. The highest BCUT2D eigenvalue weighted by atomic mass is 19.3. The maximum Gasteiger partial charge on any atom is 0.353 e. The highest BCUT2D eigenvalue weighted by Crippen LogP contribution is 2.38. The van der Waals surface area contributed by atoms with Crippen LogP contribution in [0.5, 0.6) is 0 Å². The van der Waals surface area contributed by atoms with Crippen molar-refractivity contribution in [1.82, 2.24) is 0 Å². The van der Waals surface area contributed by atoms with Crippen molar-refractivity contribution >= 4 is 23.3 Å². The Morgan fingerprint density at radius 1 is 1.19 bits per heavy atom. The zero-order chi connectivity index (χ0) is 18.7. The Bertz CT molecular complexity index is 807. The van der Waals surface area contributed by atoms with Gasteiger partial charge in [-0.3, -0.25) is 9.74 Å². The number of halogens is 1. The maximum absolute atomic E-state index is 12.0. The highest BCUT2D eigenvalue weighted by molar-refractivity contribution is 5.93. The average Bonchev–Trinajstić information content (AvgIpc) is 2.63. The summed E-state index contributed by atoms with van der Waals surface area (Å²) in [6.45, 7) is 3.62. The number of hydrogen-bond donors (Lipinski definition) is 1. The lowest BCUT2D eigenvalue weighted by Gasteiger charge is -2.39. The molecule has 0 spiro atoms. The first-order valence-corrected chi connectivity index (χ1v) is 8.55. The quantitative estimate of drug-likeness (QED) is 0.901. The number of para-hydroxylation sites is 1. The van der Waals surface area contributed by atoms with Gasteiger partial charge in [0, 0.05) is 28.9 Å². The smallest absolute Gasteiger partial charge is 0.353 e. The number of rotatable bonds is 4. The molecule has 26 heavy (non-hydrogen) atoms. The van der Waals surface area contributed by atoms with E-state index in [1.807, 2.05) is 48.2 Å². The fraction of sp³-hybridized carbons (Fsp3) is 0.300. The summed E-state index contributed by atoms with van der Waals surface area (Å²) in [7, 11) is 0. The number of anilines is 2. The second-order valence-corrected chi connectivity index (χ2v) is 6.55. The van der Waals surface area contributed by atoms with E-state index in [9.17, 15) is 14.1 Å². The molecule has 3 rings (SSSR count). The van der Waals surface area contributed by atoms with Crippen molar-refractivity contribution in [2.24, 2.45) is 0 Å². The standard InChI is InChI=1S/C20H21FN2O3/c1-13-11-18(17-5-3-4-6-19(17)23(13)14(2)24)22-16-9-7-15(8-10-16)12-20(25)26-21/h3-10,13,18,22H,11-12H2,1-2H3. The van der Waals surface area contributed by atoms with E-state index in [4.69, 9.17) is 0 Å². The van der Waals surface area contributed by atoms with Gasteiger partial charge in [-0.15, -0.1) is 0 Å². The molecule has 1 aliphatic heterocycles. The summed E-state index contributed by atoms with van der Waals surface area (Å²) in [5.41, 5.74) is 3.58. The fourth-order valence-corrected chi connectivity index (χ4v) is 3.54. The molecule has 0 aromatic heterocycles. The van der Waals surface area contributed by atoms with Crippen LogP contribution in [0.4, 0.5) is 15.9 Å². The number of fused-ring (bicyclic) bond motifs is 1. The zero-order valence-corrected chi connectivity index (χ0v) is 14.7. The summed E-state index contributed by atoms with van der Waals surface area (Å²) >= 11 is 0. The molecule has 0 aliphatic carbocycles. The summed E-state index contributed by atoms with van der Waals surface area (Å²) in [5, 5.41) is 3.49. The number of carbonyl (C=O) groups excluding carboxylic acids is 2. The molecule has 136 valence electrons. The molecule has 0 bridgehead atoms. The molecule has 0 radical (unpaired) electrons. The van der Waals surface area contributed by atoms with Crippen LogP contribution in [-0.2, 0) is 21.0 Å². The van der Waals surface area contributed by atoms with Gasteiger partial charge in [0.15, 0.2) is 0 Å². The largest absolute Gasteiger partial charge is 0.378 e. The molecular formula is C20H21FN2O3. The number of nitrogens with zero attached hydrogens (tertiary/aromatic N) is 1. The van der Waals surface area contributed by atoms with Crippen molar-refractivity contribution in [1.29, 1.82) is 0 Å². The second kappa shape index (κ2) is 7.56. The number of carbonyl (C=O) groups is 2. The van der Waals surface area contributed by atoms with Gasteiger partial charge in [-0.05, 0) is 42.7 Å². The van der Waals surface area contributed by atoms with Crippen LogP contribution in [0, 0.1) is 0 Å². The van der Waals surface area contributed by atoms with Crippen molar-refractivity contribution in [3.05, 3.63) is 59.7 Å². The molecule has 1 aliphatic rings. The summed E-state index contributed by atoms with van der Waals surface area (Å²) < 4.78 is 11.8. The van der Waals surface area contributed by atoms with E-state index in [0.717, 1.165) is 23.4 Å². The van der Waals surface area contributed by atoms with Crippen molar-refractivity contribution in [2.75, 3.05) is 10.2 Å². The summed E-state index contributed by atoms with van der Waals surface area (Å²) in [4.78, 5) is 28.1. The van der Waals surface area contributed by atoms with Crippen LogP contribution in [0.3, 0.4) is 0 Å². The van der Waals surface area contributed by atoms with Gasteiger partial charge in [0.25, 0.3) is 0 Å². The van der Waals surface area contributed by atoms with E-state index in [1.165, 1.54) is 0 Å². The van der Waals surface area contributed by atoms with E-state index >= 15 is 0 Å². The predicted molar refractivity (Wildman–Crippen MR) is 97.4 cm³/mol. The first kappa shape index (κ1) is 17.9. The summed E-state index contributed by atoms with van der Waals surface area (Å²) in [5.74, 6) is -0.877. The fourth-order valence-electron chi connectivity index (χ4n) is 3.54. The molecule has 0 saturated carbocycles. The van der Waals surface area contributed by atoms with E-state index in [1.54, 1.807) is 19.1 Å². The van der Waals surface area contributed by atoms with Gasteiger partial charge < -0.3 is 10.2 Å². The molecule has 0 fully saturated rings. The lowest BCUT2D eigenvalue weighted by Crippen LogP contribution is -2.43. The highest BCUT2D eigenvalue weighted by Gasteiger charge is 2.31. The Balaban J connectivity index is 1.80. The lowest BCUT2D eigenvalue weighted by molar-refractivity contribution is -0.182. The van der Waals surface area contributed by atoms with Gasteiger partial charge >= 0.3 is 5.97 Å². The average molecular weight is 356 g/mol. The van der Waals surface area contributed by atoms with Crippen molar-refractivity contribution in [3.8, 4) is 0 Å². The van der Waals surface area contributed by atoms with E-state index < -0.39 is 5.97 Å². The third kappa shape index (κ3) is 3.69. The van der Waals surface area contributed by atoms with Gasteiger partial charge in [0.05, 0.1) is 12.5 Å². The van der Waals surface area contributed by atoms with Crippen LogP contribution >= 0.6 is 0 Å². The summed E-state index contributed by atoms with van der Waals surface area (Å²) in [6.07, 6.45) is 0.681. The SMILES string of the molecule is CC(=O)N1c2ccccc2C(Nc2ccc(CC(=O)OF)cc2)CC1C. The Morgan fingerprint density at radius 3 is 2.54 bits per heavy atom. The Labute approximate surface area is 151 Å². The van der Waals surface area contributed by atoms with Crippen molar-refractivity contribution in [3.63, 3.8) is 0 Å². The van der Waals surface area contributed by atoms with Crippen LogP contribution in [0.2, 0.25) is 0 Å². The molecule has 2 unspecified atom stereocenters. The third-order valence-electron chi connectivity index (χ3n) is 4.66. The van der Waals surface area contributed by atoms with Crippen LogP contribution in [0.25, 0.3) is 0 Å². The normalized spacial score (nSPS) is 18.8. The van der Waals surface area contributed by atoms with Gasteiger partial charge in [-0.25, -0.2) is 4.79 Å². The monoisotopic (exact) mass is 356 g/mol. The third-order valence-corrected chi connectivity index (χ3v) is 4.66. The predicted octanol–water partition coefficient (Wildman–Crippen LogP) is 3.96. The van der Waals surface area contributed by atoms with Gasteiger partial charge in [0.1, 0.15) is 0 Å². The first-order chi connectivity index (χ1) is 12.5. The topological polar surface area (TPSA) is 58.6 Å². The van der Waals surface area contributed by atoms with E-state index in [0.29, 0.717) is 5.56 Å². The Hall–Kier alpha value is -2.89. The van der Waals surface area contributed by atoms with E-state index in [2.05, 4.69) is 10.3 Å². The number of hydrogen-bond acceptors (Lipinski definition) is 4. The maximum atomic E-state index is 12.0. The molecule has 1 N–H and O–H groups in total.